The summed E-state index contributed by atoms with van der Waals surface area (Å²) in [6.07, 6.45) is 6.46. The second-order valence-corrected chi connectivity index (χ2v) is 7.52. The van der Waals surface area contributed by atoms with Crippen molar-refractivity contribution in [2.24, 2.45) is 4.99 Å². The van der Waals surface area contributed by atoms with Gasteiger partial charge in [0.2, 0.25) is 5.91 Å². The standard InChI is InChI=1S/C24H25N5O2/c1-16-13-18-15-20(8-9-21(18)26-16)31-22-11-12-25-24(28-22)27-19-6-4-5-17(14-19)7-10-23(30)29(2)3/h4-15,24,26-28H,1-3H3/b10-7+. The lowest BCUT2D eigenvalue weighted by Gasteiger charge is -2.23. The number of rotatable bonds is 6. The van der Waals surface area contributed by atoms with Crippen LogP contribution in [0.3, 0.4) is 0 Å². The minimum absolute atomic E-state index is 0.0585. The van der Waals surface area contributed by atoms with Gasteiger partial charge < -0.3 is 25.3 Å². The SMILES string of the molecule is Cc1cc2cc(OC3=CC=NC(Nc4cccc(/C=C/C(=O)N(C)C)c4)N3)ccc2[nH]1. The van der Waals surface area contributed by atoms with E-state index in [9.17, 15) is 4.79 Å². The number of H-pyrrole nitrogens is 1. The van der Waals surface area contributed by atoms with Gasteiger partial charge in [-0.2, -0.15) is 0 Å². The third-order valence-corrected chi connectivity index (χ3v) is 4.74. The van der Waals surface area contributed by atoms with Crippen LogP contribution >= 0.6 is 0 Å². The Bertz CT molecular complexity index is 1190. The fourth-order valence-electron chi connectivity index (χ4n) is 3.21. The van der Waals surface area contributed by atoms with Gasteiger partial charge in [0, 0.05) is 54.7 Å². The predicted octanol–water partition coefficient (Wildman–Crippen LogP) is 3.87. The lowest BCUT2D eigenvalue weighted by Crippen LogP contribution is -2.37. The third-order valence-electron chi connectivity index (χ3n) is 4.74. The second-order valence-electron chi connectivity index (χ2n) is 7.52. The molecule has 0 fully saturated rings. The molecule has 2 heterocycles. The first-order valence-corrected chi connectivity index (χ1v) is 9.99. The average molecular weight is 415 g/mol. The van der Waals surface area contributed by atoms with E-state index in [1.54, 1.807) is 38.5 Å². The third kappa shape index (κ3) is 5.14. The molecule has 1 atom stereocenters. The molecule has 31 heavy (non-hydrogen) atoms. The number of ether oxygens (including phenoxy) is 1. The number of benzene rings is 2. The van der Waals surface area contributed by atoms with Crippen molar-refractivity contribution >= 4 is 34.8 Å². The van der Waals surface area contributed by atoms with Crippen LogP contribution in [0.15, 0.2) is 71.6 Å². The van der Waals surface area contributed by atoms with E-state index >= 15 is 0 Å². The van der Waals surface area contributed by atoms with E-state index in [0.717, 1.165) is 33.6 Å². The number of hydrogen-bond donors (Lipinski definition) is 3. The molecule has 0 bridgehead atoms. The molecule has 1 amide bonds. The molecule has 1 unspecified atom stereocenters. The number of anilines is 1. The summed E-state index contributed by atoms with van der Waals surface area (Å²) in [4.78, 5) is 21.0. The predicted molar refractivity (Wildman–Crippen MR) is 125 cm³/mol. The maximum Gasteiger partial charge on any atom is 0.246 e. The number of carbonyl (C=O) groups is 1. The molecule has 3 aromatic rings. The Morgan fingerprint density at radius 3 is 2.90 bits per heavy atom. The van der Waals surface area contributed by atoms with E-state index in [0.29, 0.717) is 5.88 Å². The van der Waals surface area contributed by atoms with Crippen LogP contribution in [0.5, 0.6) is 5.75 Å². The number of nitrogens with one attached hydrogen (secondary N) is 3. The van der Waals surface area contributed by atoms with Crippen molar-refractivity contribution in [2.45, 2.75) is 13.2 Å². The van der Waals surface area contributed by atoms with Crippen molar-refractivity contribution < 1.29 is 9.53 Å². The molecule has 0 radical (unpaired) electrons. The molecule has 7 heteroatoms. The first-order chi connectivity index (χ1) is 15.0. The first-order valence-electron chi connectivity index (χ1n) is 9.99. The average Bonchev–Trinajstić information content (AvgIpc) is 3.12. The highest BCUT2D eigenvalue weighted by molar-refractivity contribution is 5.91. The highest BCUT2D eigenvalue weighted by Crippen LogP contribution is 2.23. The summed E-state index contributed by atoms with van der Waals surface area (Å²) in [5, 5.41) is 7.65. The van der Waals surface area contributed by atoms with Crippen molar-refractivity contribution in [3.8, 4) is 5.75 Å². The summed E-state index contributed by atoms with van der Waals surface area (Å²) in [6.45, 7) is 2.03. The molecule has 3 N–H and O–H groups in total. The van der Waals surface area contributed by atoms with Crippen LogP contribution in [-0.2, 0) is 4.79 Å². The monoisotopic (exact) mass is 415 g/mol. The summed E-state index contributed by atoms with van der Waals surface area (Å²) in [5.41, 5.74) is 3.99. The zero-order valence-electron chi connectivity index (χ0n) is 17.7. The van der Waals surface area contributed by atoms with Gasteiger partial charge in [0.25, 0.3) is 0 Å². The van der Waals surface area contributed by atoms with E-state index in [2.05, 4.69) is 26.7 Å². The molecule has 0 aliphatic carbocycles. The van der Waals surface area contributed by atoms with Crippen LogP contribution in [0, 0.1) is 6.92 Å². The summed E-state index contributed by atoms with van der Waals surface area (Å²) in [6, 6.07) is 15.8. The quantitative estimate of drug-likeness (QED) is 0.534. The largest absolute Gasteiger partial charge is 0.441 e. The number of aromatic nitrogens is 1. The molecule has 0 saturated heterocycles. The topological polar surface area (TPSA) is 81.8 Å². The van der Waals surface area contributed by atoms with E-state index < -0.39 is 0 Å². The Labute approximate surface area is 181 Å². The number of nitrogens with zero attached hydrogens (tertiary/aromatic N) is 2. The van der Waals surface area contributed by atoms with Crippen molar-refractivity contribution in [2.75, 3.05) is 19.4 Å². The Morgan fingerprint density at radius 1 is 1.19 bits per heavy atom. The highest BCUT2D eigenvalue weighted by atomic mass is 16.5. The summed E-state index contributed by atoms with van der Waals surface area (Å²) >= 11 is 0. The van der Waals surface area contributed by atoms with Crippen molar-refractivity contribution in [3.63, 3.8) is 0 Å². The smallest absolute Gasteiger partial charge is 0.246 e. The second kappa shape index (κ2) is 8.79. The lowest BCUT2D eigenvalue weighted by molar-refractivity contribution is -0.123. The van der Waals surface area contributed by atoms with Gasteiger partial charge in [0.1, 0.15) is 5.75 Å². The molecule has 2 aromatic carbocycles. The van der Waals surface area contributed by atoms with Crippen molar-refractivity contribution in [1.82, 2.24) is 15.2 Å². The number of aliphatic imine (C=N–C) groups is 1. The Morgan fingerprint density at radius 2 is 2.06 bits per heavy atom. The van der Waals surface area contributed by atoms with E-state index in [1.165, 1.54) is 4.90 Å². The van der Waals surface area contributed by atoms with Crippen LogP contribution in [0.2, 0.25) is 0 Å². The van der Waals surface area contributed by atoms with Gasteiger partial charge in [-0.15, -0.1) is 0 Å². The Balaban J connectivity index is 1.39. The fourth-order valence-corrected chi connectivity index (χ4v) is 3.21. The molecule has 4 rings (SSSR count). The van der Waals surface area contributed by atoms with Crippen LogP contribution in [0.1, 0.15) is 11.3 Å². The van der Waals surface area contributed by atoms with Gasteiger partial charge in [-0.05, 0) is 55.0 Å². The van der Waals surface area contributed by atoms with Gasteiger partial charge in [-0.1, -0.05) is 12.1 Å². The maximum atomic E-state index is 11.8. The minimum Gasteiger partial charge on any atom is -0.441 e. The Hall–Kier alpha value is -4.00. The number of aryl methyl sites for hydroxylation is 1. The van der Waals surface area contributed by atoms with Crippen LogP contribution in [0.25, 0.3) is 17.0 Å². The molecule has 1 aliphatic heterocycles. The molecule has 0 spiro atoms. The van der Waals surface area contributed by atoms with Gasteiger partial charge in [0.15, 0.2) is 12.2 Å². The molecule has 0 saturated carbocycles. The zero-order chi connectivity index (χ0) is 21.8. The number of allylic oxidation sites excluding steroid dienone is 1. The maximum absolute atomic E-state index is 11.8. The van der Waals surface area contributed by atoms with Crippen molar-refractivity contribution in [3.05, 3.63) is 77.8 Å². The van der Waals surface area contributed by atoms with E-state index in [1.807, 2.05) is 49.4 Å². The lowest BCUT2D eigenvalue weighted by atomic mass is 10.2. The number of carbonyl (C=O) groups excluding carboxylic acids is 1. The van der Waals surface area contributed by atoms with Gasteiger partial charge >= 0.3 is 0 Å². The van der Waals surface area contributed by atoms with E-state index in [-0.39, 0.29) is 12.2 Å². The van der Waals surface area contributed by atoms with Gasteiger partial charge in [0.05, 0.1) is 0 Å². The molecule has 1 aliphatic rings. The van der Waals surface area contributed by atoms with Crippen LogP contribution < -0.4 is 15.4 Å². The number of likely N-dealkylation sites (N-methyl/N-ethyl adjacent to an activating group) is 1. The summed E-state index contributed by atoms with van der Waals surface area (Å²) < 4.78 is 6.00. The number of aromatic amines is 1. The normalized spacial score (nSPS) is 15.6. The van der Waals surface area contributed by atoms with Gasteiger partial charge in [-0.25, -0.2) is 4.99 Å². The minimum atomic E-state index is -0.374. The molecule has 7 nitrogen and oxygen atoms in total. The summed E-state index contributed by atoms with van der Waals surface area (Å²) in [5.74, 6) is 1.29. The summed E-state index contributed by atoms with van der Waals surface area (Å²) in [7, 11) is 3.45. The van der Waals surface area contributed by atoms with Crippen molar-refractivity contribution in [1.29, 1.82) is 0 Å². The highest BCUT2D eigenvalue weighted by Gasteiger charge is 2.13. The van der Waals surface area contributed by atoms with E-state index in [4.69, 9.17) is 4.74 Å². The molecular weight excluding hydrogens is 390 g/mol. The number of fused-ring (bicyclic) bond motifs is 1. The number of hydrogen-bond acceptors (Lipinski definition) is 5. The first kappa shape index (κ1) is 20.3. The number of amides is 1. The fraction of sp³-hybridized carbons (Fsp3) is 0.167. The van der Waals surface area contributed by atoms with Crippen LogP contribution in [-0.4, -0.2) is 42.4 Å². The molecular formula is C24H25N5O2. The molecule has 1 aromatic heterocycles. The molecule has 158 valence electrons. The van der Waals surface area contributed by atoms with Crippen LogP contribution in [0.4, 0.5) is 5.69 Å². The zero-order valence-corrected chi connectivity index (χ0v) is 17.7. The Kier molecular flexibility index (Phi) is 5.75. The van der Waals surface area contributed by atoms with Gasteiger partial charge in [-0.3, -0.25) is 4.79 Å².